The van der Waals surface area contributed by atoms with Crippen LogP contribution in [0, 0.1) is 0 Å². The standard InChI is InChI=1S/C25H22Cl2F3N5O4S/c1-13(31)23(36)34-16-9-20-21(10-15(11-32-20)33-24(37)22-18(26)6-3-7-19(22)27)35(12-16)40(38,39)17-5-2-4-14(8-17)25(28,29)30/h2-8,10-11,13,16H,9,12,31H2,1H3,(H,33,37)(H,34,36)/t13-,16+/m0/s1. The van der Waals surface area contributed by atoms with Crippen molar-refractivity contribution >= 4 is 56.4 Å². The molecule has 2 atom stereocenters. The Labute approximate surface area is 237 Å². The summed E-state index contributed by atoms with van der Waals surface area (Å²) in [6.07, 6.45) is -3.42. The van der Waals surface area contributed by atoms with Crippen molar-refractivity contribution in [3.8, 4) is 0 Å². The zero-order valence-corrected chi connectivity index (χ0v) is 23.0. The minimum Gasteiger partial charge on any atom is -0.350 e. The smallest absolute Gasteiger partial charge is 0.350 e. The van der Waals surface area contributed by atoms with Gasteiger partial charge in [-0.15, -0.1) is 0 Å². The number of carbonyl (C=O) groups is 2. The number of pyridine rings is 1. The van der Waals surface area contributed by atoms with Crippen LogP contribution in [-0.4, -0.2) is 43.8 Å². The van der Waals surface area contributed by atoms with Gasteiger partial charge in [-0.3, -0.25) is 18.9 Å². The number of anilines is 2. The molecule has 0 spiro atoms. The summed E-state index contributed by atoms with van der Waals surface area (Å²) in [7, 11) is -4.60. The number of nitrogens with two attached hydrogens (primary N) is 1. The average Bonchev–Trinajstić information content (AvgIpc) is 2.87. The van der Waals surface area contributed by atoms with Crippen molar-refractivity contribution in [3.05, 3.63) is 81.6 Å². The lowest BCUT2D eigenvalue weighted by Gasteiger charge is -2.35. The SMILES string of the molecule is C[C@H](N)C(=O)N[C@@H]1Cc2ncc(NC(=O)c3c(Cl)cccc3Cl)cc2N(S(=O)(=O)c2cccc(C(F)(F)F)c2)C1. The fourth-order valence-corrected chi connectivity index (χ4v) is 6.19. The van der Waals surface area contributed by atoms with E-state index in [1.165, 1.54) is 31.3 Å². The summed E-state index contributed by atoms with van der Waals surface area (Å²) >= 11 is 12.2. The molecule has 9 nitrogen and oxygen atoms in total. The lowest BCUT2D eigenvalue weighted by molar-refractivity contribution is -0.137. The molecule has 0 saturated carbocycles. The molecule has 212 valence electrons. The van der Waals surface area contributed by atoms with Crippen LogP contribution in [0.5, 0.6) is 0 Å². The van der Waals surface area contributed by atoms with Crippen LogP contribution in [0.15, 0.2) is 59.6 Å². The Bertz CT molecular complexity index is 1560. The molecule has 15 heteroatoms. The molecule has 3 aromatic rings. The lowest BCUT2D eigenvalue weighted by atomic mass is 10.0. The zero-order chi connectivity index (χ0) is 29.4. The summed E-state index contributed by atoms with van der Waals surface area (Å²) < 4.78 is 68.3. The summed E-state index contributed by atoms with van der Waals surface area (Å²) in [5.41, 5.74) is 4.75. The highest BCUT2D eigenvalue weighted by atomic mass is 35.5. The molecule has 0 radical (unpaired) electrons. The van der Waals surface area contributed by atoms with Crippen molar-refractivity contribution < 1.29 is 31.2 Å². The van der Waals surface area contributed by atoms with Crippen molar-refractivity contribution in [2.75, 3.05) is 16.2 Å². The first-order chi connectivity index (χ1) is 18.7. The van der Waals surface area contributed by atoms with Gasteiger partial charge >= 0.3 is 6.18 Å². The predicted octanol–water partition coefficient (Wildman–Crippen LogP) is 4.24. The summed E-state index contributed by atoms with van der Waals surface area (Å²) in [5.74, 6) is -1.24. The number of rotatable bonds is 6. The first-order valence-electron chi connectivity index (χ1n) is 11.7. The number of halogens is 5. The Hall–Kier alpha value is -3.39. The van der Waals surface area contributed by atoms with Crippen LogP contribution in [0.4, 0.5) is 24.5 Å². The molecular weight excluding hydrogens is 594 g/mol. The van der Waals surface area contributed by atoms with E-state index in [1.54, 1.807) is 6.07 Å². The molecule has 1 aliphatic heterocycles. The van der Waals surface area contributed by atoms with Crippen LogP contribution < -0.4 is 20.7 Å². The van der Waals surface area contributed by atoms with Gasteiger partial charge in [0, 0.05) is 6.42 Å². The van der Waals surface area contributed by atoms with Gasteiger partial charge in [-0.2, -0.15) is 13.2 Å². The van der Waals surface area contributed by atoms with E-state index in [1.807, 2.05) is 0 Å². The fraction of sp³-hybridized carbons (Fsp3) is 0.240. The van der Waals surface area contributed by atoms with E-state index >= 15 is 0 Å². The van der Waals surface area contributed by atoms with Gasteiger partial charge in [-0.05, 0) is 43.3 Å². The van der Waals surface area contributed by atoms with Gasteiger partial charge in [-0.1, -0.05) is 35.3 Å². The number of fused-ring (bicyclic) bond motifs is 1. The van der Waals surface area contributed by atoms with E-state index in [9.17, 15) is 31.2 Å². The number of aromatic nitrogens is 1. The maximum absolute atomic E-state index is 13.7. The second kappa shape index (κ2) is 11.2. The van der Waals surface area contributed by atoms with E-state index in [-0.39, 0.29) is 45.6 Å². The van der Waals surface area contributed by atoms with Crippen LogP contribution in [0.2, 0.25) is 10.0 Å². The van der Waals surface area contributed by atoms with E-state index in [0.29, 0.717) is 6.07 Å². The maximum atomic E-state index is 13.7. The third kappa shape index (κ3) is 6.17. The van der Waals surface area contributed by atoms with Crippen molar-refractivity contribution in [1.82, 2.24) is 10.3 Å². The van der Waals surface area contributed by atoms with Gasteiger partial charge in [0.15, 0.2) is 0 Å². The molecule has 4 rings (SSSR count). The number of amides is 2. The summed E-state index contributed by atoms with van der Waals surface area (Å²) in [6.45, 7) is 1.11. The third-order valence-electron chi connectivity index (χ3n) is 6.00. The first kappa shape index (κ1) is 29.6. The number of nitrogens with zero attached hydrogens (tertiary/aromatic N) is 2. The minimum absolute atomic E-state index is 0.00626. The zero-order valence-electron chi connectivity index (χ0n) is 20.7. The Morgan fingerprint density at radius 2 is 1.77 bits per heavy atom. The van der Waals surface area contributed by atoms with Crippen LogP contribution >= 0.6 is 23.2 Å². The van der Waals surface area contributed by atoms with Crippen LogP contribution in [0.25, 0.3) is 0 Å². The second-order valence-electron chi connectivity index (χ2n) is 9.00. The molecule has 2 amide bonds. The fourth-order valence-electron chi connectivity index (χ4n) is 4.04. The Kier molecular flexibility index (Phi) is 8.31. The second-order valence-corrected chi connectivity index (χ2v) is 11.7. The van der Waals surface area contributed by atoms with E-state index in [2.05, 4.69) is 15.6 Å². The highest BCUT2D eigenvalue weighted by Gasteiger charge is 2.37. The summed E-state index contributed by atoms with van der Waals surface area (Å²) in [4.78, 5) is 28.8. The van der Waals surface area contributed by atoms with Gasteiger partial charge in [0.1, 0.15) is 0 Å². The number of alkyl halides is 3. The first-order valence-corrected chi connectivity index (χ1v) is 13.9. The van der Waals surface area contributed by atoms with Gasteiger partial charge in [0.2, 0.25) is 5.91 Å². The largest absolute Gasteiger partial charge is 0.416 e. The number of nitrogens with one attached hydrogen (secondary N) is 2. The van der Waals surface area contributed by atoms with Gasteiger partial charge < -0.3 is 16.4 Å². The molecule has 1 aromatic heterocycles. The van der Waals surface area contributed by atoms with Gasteiger partial charge in [0.05, 0.1) is 68.0 Å². The monoisotopic (exact) mass is 615 g/mol. The van der Waals surface area contributed by atoms with Gasteiger partial charge in [0.25, 0.3) is 15.9 Å². The van der Waals surface area contributed by atoms with Crippen LogP contribution in [0.3, 0.4) is 0 Å². The van der Waals surface area contributed by atoms with Gasteiger partial charge in [-0.25, -0.2) is 8.42 Å². The normalized spacial score (nSPS) is 16.2. The molecule has 0 saturated heterocycles. The predicted molar refractivity (Wildman–Crippen MR) is 144 cm³/mol. The summed E-state index contributed by atoms with van der Waals surface area (Å²) in [5, 5.41) is 5.36. The lowest BCUT2D eigenvalue weighted by Crippen LogP contribution is -2.53. The van der Waals surface area contributed by atoms with Crippen molar-refractivity contribution in [2.45, 2.75) is 36.5 Å². The number of benzene rings is 2. The number of carbonyl (C=O) groups excluding carboxylic acids is 2. The molecule has 0 fully saturated rings. The highest BCUT2D eigenvalue weighted by Crippen LogP contribution is 2.36. The molecule has 2 heterocycles. The average molecular weight is 616 g/mol. The quantitative estimate of drug-likeness (QED) is 0.380. The minimum atomic E-state index is -4.78. The molecule has 2 aromatic carbocycles. The Morgan fingerprint density at radius 1 is 1.12 bits per heavy atom. The van der Waals surface area contributed by atoms with E-state index in [0.717, 1.165) is 22.5 Å². The van der Waals surface area contributed by atoms with Crippen molar-refractivity contribution in [1.29, 1.82) is 0 Å². The molecule has 0 aliphatic carbocycles. The van der Waals surface area contributed by atoms with Crippen LogP contribution in [-0.2, 0) is 27.4 Å². The third-order valence-corrected chi connectivity index (χ3v) is 8.40. The molecule has 0 unspecified atom stereocenters. The maximum Gasteiger partial charge on any atom is 0.416 e. The Morgan fingerprint density at radius 3 is 2.40 bits per heavy atom. The molecule has 4 N–H and O–H groups in total. The van der Waals surface area contributed by atoms with E-state index in [4.69, 9.17) is 28.9 Å². The molecule has 1 aliphatic rings. The topological polar surface area (TPSA) is 134 Å². The molecule has 0 bridgehead atoms. The van der Waals surface area contributed by atoms with Crippen LogP contribution in [0.1, 0.15) is 28.5 Å². The molecule has 40 heavy (non-hydrogen) atoms. The highest BCUT2D eigenvalue weighted by molar-refractivity contribution is 7.92. The number of hydrogen-bond donors (Lipinski definition) is 3. The number of hydrogen-bond acceptors (Lipinski definition) is 6. The van der Waals surface area contributed by atoms with E-state index < -0.39 is 50.6 Å². The van der Waals surface area contributed by atoms with Crippen molar-refractivity contribution in [3.63, 3.8) is 0 Å². The molecular formula is C25H22Cl2F3N5O4S. The Balaban J connectivity index is 1.76. The summed E-state index contributed by atoms with van der Waals surface area (Å²) in [6, 6.07) is 7.42. The van der Waals surface area contributed by atoms with Crippen molar-refractivity contribution in [2.24, 2.45) is 5.73 Å². The number of sulfonamides is 1.